The Morgan fingerprint density at radius 3 is 1.54 bits per heavy atom. The number of aliphatic hydroxyl groups is 8. The van der Waals surface area contributed by atoms with Gasteiger partial charge in [-0.3, -0.25) is 4.79 Å². The molecule has 0 aromatic rings. The van der Waals surface area contributed by atoms with Gasteiger partial charge in [-0.25, -0.2) is 0 Å². The third-order valence-corrected chi connectivity index (χ3v) is 12.5. The summed E-state index contributed by atoms with van der Waals surface area (Å²) in [4.78, 5) is 13.2. The number of allylic oxidation sites excluding steroid dienone is 15. The number of amides is 1. The second kappa shape index (κ2) is 42.3. The van der Waals surface area contributed by atoms with Gasteiger partial charge in [-0.05, 0) is 70.6 Å². The minimum atomic E-state index is -1.80. The maximum atomic E-state index is 13.2. The van der Waals surface area contributed by atoms with Gasteiger partial charge in [-0.2, -0.15) is 0 Å². The van der Waals surface area contributed by atoms with E-state index in [0.717, 1.165) is 51.4 Å². The fraction of sp³-hybridized carbons (Fsp3) is 0.702. The van der Waals surface area contributed by atoms with Crippen molar-refractivity contribution in [2.75, 3.05) is 19.8 Å². The summed E-state index contributed by atoms with van der Waals surface area (Å²) in [7, 11) is 0. The maximum absolute atomic E-state index is 13.2. The third kappa shape index (κ3) is 28.8. The molecule has 12 unspecified atom stereocenters. The second-order valence-electron chi connectivity index (χ2n) is 18.6. The fourth-order valence-corrected chi connectivity index (χ4v) is 8.15. The van der Waals surface area contributed by atoms with Crippen molar-refractivity contribution in [2.45, 2.75) is 235 Å². The van der Waals surface area contributed by atoms with Gasteiger partial charge in [0.05, 0.1) is 32.0 Å². The van der Waals surface area contributed by atoms with E-state index < -0.39 is 86.8 Å². The molecule has 2 aliphatic rings. The Balaban J connectivity index is 1.88. The minimum Gasteiger partial charge on any atom is -0.394 e. The molecule has 14 heteroatoms. The van der Waals surface area contributed by atoms with Gasteiger partial charge in [0.2, 0.25) is 5.91 Å². The van der Waals surface area contributed by atoms with Crippen LogP contribution in [0.15, 0.2) is 97.2 Å². The lowest BCUT2D eigenvalue weighted by Crippen LogP contribution is -2.65. The summed E-state index contributed by atoms with van der Waals surface area (Å²) in [5, 5.41) is 86.8. The third-order valence-electron chi connectivity index (χ3n) is 12.5. The van der Waals surface area contributed by atoms with Crippen LogP contribution in [-0.2, 0) is 23.7 Å². The van der Waals surface area contributed by atoms with Crippen LogP contribution in [0.5, 0.6) is 0 Å². The zero-order valence-electron chi connectivity index (χ0n) is 43.2. The number of rotatable bonds is 40. The van der Waals surface area contributed by atoms with Crippen molar-refractivity contribution in [2.24, 2.45) is 0 Å². The number of hydrogen-bond donors (Lipinski definition) is 9. The van der Waals surface area contributed by atoms with E-state index in [1.807, 2.05) is 18.2 Å². The zero-order valence-corrected chi connectivity index (χ0v) is 43.2. The number of nitrogens with one attached hydrogen (secondary N) is 1. The van der Waals surface area contributed by atoms with Crippen LogP contribution in [0.3, 0.4) is 0 Å². The number of aliphatic hydroxyl groups excluding tert-OH is 8. The molecule has 2 saturated heterocycles. The van der Waals surface area contributed by atoms with E-state index in [-0.39, 0.29) is 18.9 Å². The monoisotopic (exact) mass is 1000 g/mol. The van der Waals surface area contributed by atoms with Crippen molar-refractivity contribution in [1.29, 1.82) is 0 Å². The Kier molecular flexibility index (Phi) is 38.1. The molecule has 0 saturated carbocycles. The van der Waals surface area contributed by atoms with Crippen LogP contribution in [-0.4, -0.2) is 140 Å². The van der Waals surface area contributed by atoms with Gasteiger partial charge in [0.1, 0.15) is 48.8 Å². The van der Waals surface area contributed by atoms with Crippen molar-refractivity contribution in [3.63, 3.8) is 0 Å². The van der Waals surface area contributed by atoms with Crippen LogP contribution in [0, 0.1) is 0 Å². The lowest BCUT2D eigenvalue weighted by molar-refractivity contribution is -0.359. The fourth-order valence-electron chi connectivity index (χ4n) is 8.15. The molecular weight excluding hydrogens is 907 g/mol. The summed E-state index contributed by atoms with van der Waals surface area (Å²) < 4.78 is 22.7. The SMILES string of the molecule is CC/C=C\C/C=C\C/C=C\C/C=C\C/C=C\C/C=C\CCC(=O)NC(COC1OC(CO)C(OC2OC(CO)C(O)C(O)C2O)C(O)C1O)C(O)/C=C/CC/C=C/CCCCCCCCCCCCCC. The zero-order chi connectivity index (χ0) is 51.7. The predicted molar refractivity (Wildman–Crippen MR) is 281 cm³/mol. The molecule has 2 heterocycles. The molecule has 12 atom stereocenters. The first-order valence-corrected chi connectivity index (χ1v) is 27.0. The largest absolute Gasteiger partial charge is 0.394 e. The van der Waals surface area contributed by atoms with Crippen molar-refractivity contribution >= 4 is 5.91 Å². The van der Waals surface area contributed by atoms with E-state index in [9.17, 15) is 45.6 Å². The van der Waals surface area contributed by atoms with Crippen LogP contribution in [0.1, 0.15) is 162 Å². The van der Waals surface area contributed by atoms with Crippen LogP contribution in [0.2, 0.25) is 0 Å². The molecule has 0 spiro atoms. The molecule has 0 aromatic heterocycles. The maximum Gasteiger partial charge on any atom is 0.220 e. The normalized spacial score (nSPS) is 26.6. The first-order valence-electron chi connectivity index (χ1n) is 27.0. The summed E-state index contributed by atoms with van der Waals surface area (Å²) in [6.07, 6.45) is 40.3. The molecule has 0 aliphatic carbocycles. The number of unbranched alkanes of at least 4 members (excludes halogenated alkanes) is 13. The molecule has 0 radical (unpaired) electrons. The average Bonchev–Trinajstić information content (AvgIpc) is 3.37. The summed E-state index contributed by atoms with van der Waals surface area (Å²) >= 11 is 0. The predicted octanol–water partition coefficient (Wildman–Crippen LogP) is 7.93. The molecule has 406 valence electrons. The number of carbonyl (C=O) groups excluding carboxylic acids is 1. The van der Waals surface area contributed by atoms with E-state index in [0.29, 0.717) is 12.8 Å². The number of hydrogen-bond acceptors (Lipinski definition) is 13. The van der Waals surface area contributed by atoms with Gasteiger partial charge in [-0.15, -0.1) is 0 Å². The van der Waals surface area contributed by atoms with Gasteiger partial charge in [-0.1, -0.05) is 182 Å². The molecule has 0 aromatic carbocycles. The van der Waals surface area contributed by atoms with Crippen LogP contribution in [0.4, 0.5) is 0 Å². The van der Waals surface area contributed by atoms with E-state index in [1.54, 1.807) is 6.08 Å². The lowest BCUT2D eigenvalue weighted by Gasteiger charge is -2.46. The molecule has 2 aliphatic heterocycles. The smallest absolute Gasteiger partial charge is 0.220 e. The number of carbonyl (C=O) groups is 1. The van der Waals surface area contributed by atoms with Gasteiger partial charge in [0.15, 0.2) is 12.6 Å². The highest BCUT2D eigenvalue weighted by atomic mass is 16.7. The summed E-state index contributed by atoms with van der Waals surface area (Å²) in [6.45, 7) is 2.59. The van der Waals surface area contributed by atoms with Gasteiger partial charge in [0, 0.05) is 6.42 Å². The van der Waals surface area contributed by atoms with Gasteiger partial charge < -0.3 is 65.1 Å². The molecular formula is C57H95NO13. The lowest BCUT2D eigenvalue weighted by atomic mass is 9.97. The highest BCUT2D eigenvalue weighted by Gasteiger charge is 2.51. The van der Waals surface area contributed by atoms with E-state index >= 15 is 0 Å². The highest BCUT2D eigenvalue weighted by Crippen LogP contribution is 2.30. The van der Waals surface area contributed by atoms with Crippen LogP contribution in [0.25, 0.3) is 0 Å². The molecule has 2 fully saturated rings. The standard InChI is InChI=1S/C57H95NO13/c1-3-5-7-9-11-13-15-17-19-21-23-25-27-29-31-33-35-37-39-41-49(62)58-45(46(61)40-38-36-34-32-30-28-26-24-22-20-18-16-14-12-10-8-6-4-2)44-68-56-54(67)52(65)55(48(43-60)70-56)71-57-53(66)51(64)50(63)47(42-59)69-57/h5,7,11,13,17,19,23,25,29-32,35,37-38,40,45-48,50-57,59-61,63-67H,3-4,6,8-10,12,14-16,18,20-22,24,26-28,33-34,36,39,41-44H2,1-2H3,(H,58,62)/b7-5-,13-11-,19-17-,25-23-,31-29-,32-30+,37-35-,40-38+. The minimum absolute atomic E-state index is 0.143. The van der Waals surface area contributed by atoms with Crippen LogP contribution < -0.4 is 5.32 Å². The van der Waals surface area contributed by atoms with Gasteiger partial charge in [0.25, 0.3) is 0 Å². The van der Waals surface area contributed by atoms with Crippen molar-refractivity contribution in [1.82, 2.24) is 5.32 Å². The Morgan fingerprint density at radius 1 is 0.521 bits per heavy atom. The summed E-state index contributed by atoms with van der Waals surface area (Å²) in [5.74, 6) is -0.335. The van der Waals surface area contributed by atoms with Crippen molar-refractivity contribution < 1.29 is 64.6 Å². The first kappa shape index (κ1) is 64.0. The van der Waals surface area contributed by atoms with Crippen molar-refractivity contribution in [3.05, 3.63) is 97.2 Å². The average molecular weight is 1000 g/mol. The van der Waals surface area contributed by atoms with Crippen LogP contribution >= 0.6 is 0 Å². The molecule has 14 nitrogen and oxygen atoms in total. The van der Waals surface area contributed by atoms with E-state index in [2.05, 4.69) is 92.1 Å². The number of ether oxygens (including phenoxy) is 4. The second-order valence-corrected chi connectivity index (χ2v) is 18.6. The summed E-state index contributed by atoms with van der Waals surface area (Å²) in [5.41, 5.74) is 0. The molecule has 2 rings (SSSR count). The molecule has 71 heavy (non-hydrogen) atoms. The summed E-state index contributed by atoms with van der Waals surface area (Å²) in [6, 6.07) is -0.978. The Labute approximate surface area is 426 Å². The Bertz CT molecular complexity index is 1560. The Hall–Kier alpha value is -3.09. The molecule has 9 N–H and O–H groups in total. The van der Waals surface area contributed by atoms with E-state index in [1.165, 1.54) is 77.0 Å². The first-order chi connectivity index (χ1) is 34.6. The topological polar surface area (TPSA) is 228 Å². The van der Waals surface area contributed by atoms with Crippen molar-refractivity contribution in [3.8, 4) is 0 Å². The highest BCUT2D eigenvalue weighted by molar-refractivity contribution is 5.76. The quantitative estimate of drug-likeness (QED) is 0.0210. The molecule has 0 bridgehead atoms. The van der Waals surface area contributed by atoms with Gasteiger partial charge >= 0.3 is 0 Å². The molecule has 1 amide bonds. The van der Waals surface area contributed by atoms with E-state index in [4.69, 9.17) is 18.9 Å². The Morgan fingerprint density at radius 2 is 0.986 bits per heavy atom.